The third-order valence-corrected chi connectivity index (χ3v) is 3.92. The first-order valence-corrected chi connectivity index (χ1v) is 9.85. The van der Waals surface area contributed by atoms with E-state index >= 15 is 0 Å². The van der Waals surface area contributed by atoms with Gasteiger partial charge in [0.25, 0.3) is 0 Å². The number of nitrogens with zero attached hydrogens (tertiary/aromatic N) is 4. The minimum atomic E-state index is -0.779. The second-order valence-electron chi connectivity index (χ2n) is 8.96. The van der Waals surface area contributed by atoms with Gasteiger partial charge < -0.3 is 25.0 Å². The number of piperazine rings is 1. The van der Waals surface area contributed by atoms with Crippen LogP contribution in [-0.4, -0.2) is 65.4 Å². The molecule has 0 unspecified atom stereocenters. The van der Waals surface area contributed by atoms with Crippen molar-refractivity contribution in [1.82, 2.24) is 15.2 Å². The summed E-state index contributed by atoms with van der Waals surface area (Å²) in [4.78, 5) is 36.6. The molecule has 0 radical (unpaired) electrons. The number of pyridine rings is 1. The minimum absolute atomic E-state index is 0.105. The Morgan fingerprint density at radius 2 is 1.63 bits per heavy atom. The van der Waals surface area contributed by atoms with Crippen LogP contribution in [0.2, 0.25) is 0 Å². The number of ether oxygens (including phenoxy) is 2. The Kier molecular flexibility index (Phi) is 7.12. The van der Waals surface area contributed by atoms with Crippen LogP contribution in [0.3, 0.4) is 0 Å². The lowest BCUT2D eigenvalue weighted by molar-refractivity contribution is 0.0554. The Morgan fingerprint density at radius 3 is 2.13 bits per heavy atom. The van der Waals surface area contributed by atoms with Crippen molar-refractivity contribution in [1.29, 1.82) is 0 Å². The summed E-state index contributed by atoms with van der Waals surface area (Å²) in [7, 11) is 0. The van der Waals surface area contributed by atoms with Gasteiger partial charge in [0.2, 0.25) is 5.96 Å². The van der Waals surface area contributed by atoms with E-state index in [9.17, 15) is 9.59 Å². The first kappa shape index (κ1) is 23.2. The Labute approximate surface area is 177 Å². The lowest BCUT2D eigenvalue weighted by Gasteiger charge is -2.37. The number of guanidine groups is 1. The molecule has 0 atom stereocenters. The standard InChI is InChI=1S/C20H32N6O4/c1-19(2,3)29-17(27)23-16(24-18(28)30-20(4,5)6)26-11-9-25(10-12-26)14-7-8-15(21)22-13-14/h7-8,13H,9-12H2,1-6H3,(H2,21,22)(H,23,24,27,28). The van der Waals surface area contributed by atoms with Crippen LogP contribution in [-0.2, 0) is 9.47 Å². The van der Waals surface area contributed by atoms with Crippen LogP contribution >= 0.6 is 0 Å². The van der Waals surface area contributed by atoms with Crippen molar-refractivity contribution in [2.75, 3.05) is 36.8 Å². The predicted octanol–water partition coefficient (Wildman–Crippen LogP) is 2.60. The van der Waals surface area contributed by atoms with Crippen molar-refractivity contribution < 1.29 is 19.1 Å². The highest BCUT2D eigenvalue weighted by molar-refractivity contribution is 5.99. The van der Waals surface area contributed by atoms with Crippen LogP contribution in [0.15, 0.2) is 23.3 Å². The van der Waals surface area contributed by atoms with E-state index in [0.29, 0.717) is 32.0 Å². The van der Waals surface area contributed by atoms with E-state index in [-0.39, 0.29) is 5.96 Å². The van der Waals surface area contributed by atoms with E-state index in [1.54, 1.807) is 53.8 Å². The molecular formula is C20H32N6O4. The number of hydrogen-bond acceptors (Lipinski definition) is 7. The lowest BCUT2D eigenvalue weighted by Crippen LogP contribution is -2.54. The fourth-order valence-electron chi connectivity index (χ4n) is 2.70. The van der Waals surface area contributed by atoms with Crippen LogP contribution in [0.4, 0.5) is 21.1 Å². The fourth-order valence-corrected chi connectivity index (χ4v) is 2.70. The number of alkyl carbamates (subject to hydrolysis) is 1. The lowest BCUT2D eigenvalue weighted by atomic mass is 10.2. The maximum absolute atomic E-state index is 12.3. The maximum Gasteiger partial charge on any atom is 0.437 e. The highest BCUT2D eigenvalue weighted by Gasteiger charge is 2.26. The zero-order valence-corrected chi connectivity index (χ0v) is 18.6. The van der Waals surface area contributed by atoms with E-state index in [1.165, 1.54) is 0 Å². The number of rotatable bonds is 1. The van der Waals surface area contributed by atoms with Crippen LogP contribution < -0.4 is 16.0 Å². The molecule has 0 spiro atoms. The molecular weight excluding hydrogens is 388 g/mol. The highest BCUT2D eigenvalue weighted by Crippen LogP contribution is 2.17. The second-order valence-corrected chi connectivity index (χ2v) is 8.96. The van der Waals surface area contributed by atoms with Gasteiger partial charge in [0.1, 0.15) is 17.0 Å². The van der Waals surface area contributed by atoms with Crippen LogP contribution in [0.25, 0.3) is 0 Å². The molecule has 1 fully saturated rings. The number of carbonyl (C=O) groups excluding carboxylic acids is 2. The van der Waals surface area contributed by atoms with E-state index in [2.05, 4.69) is 20.2 Å². The van der Waals surface area contributed by atoms with Crippen molar-refractivity contribution in [3.8, 4) is 0 Å². The molecule has 1 aromatic rings. The van der Waals surface area contributed by atoms with Gasteiger partial charge in [0.15, 0.2) is 0 Å². The number of anilines is 2. The van der Waals surface area contributed by atoms with Gasteiger partial charge in [-0.1, -0.05) is 0 Å². The van der Waals surface area contributed by atoms with Gasteiger partial charge in [-0.3, -0.25) is 5.32 Å². The van der Waals surface area contributed by atoms with Crippen LogP contribution in [0.1, 0.15) is 41.5 Å². The molecule has 2 heterocycles. The largest absolute Gasteiger partial charge is 0.444 e. The topological polar surface area (TPSA) is 122 Å². The molecule has 0 aromatic carbocycles. The molecule has 3 N–H and O–H groups in total. The van der Waals surface area contributed by atoms with E-state index in [4.69, 9.17) is 15.2 Å². The Morgan fingerprint density at radius 1 is 1.03 bits per heavy atom. The number of amides is 2. The van der Waals surface area contributed by atoms with Gasteiger partial charge in [0.05, 0.1) is 11.9 Å². The second kappa shape index (κ2) is 9.19. The van der Waals surface area contributed by atoms with Crippen molar-refractivity contribution in [2.24, 2.45) is 4.99 Å². The van der Waals surface area contributed by atoms with Gasteiger partial charge in [-0.15, -0.1) is 4.99 Å². The number of aromatic nitrogens is 1. The zero-order valence-electron chi connectivity index (χ0n) is 18.6. The zero-order chi connectivity index (χ0) is 22.5. The van der Waals surface area contributed by atoms with Crippen LogP contribution in [0.5, 0.6) is 0 Å². The van der Waals surface area contributed by atoms with Gasteiger partial charge in [-0.25, -0.2) is 14.6 Å². The summed E-state index contributed by atoms with van der Waals surface area (Å²) in [5.74, 6) is 0.569. The number of hydrogen-bond donors (Lipinski definition) is 2. The smallest absolute Gasteiger partial charge is 0.437 e. The number of nitrogens with two attached hydrogens (primary N) is 1. The van der Waals surface area contributed by atoms with E-state index < -0.39 is 23.4 Å². The maximum atomic E-state index is 12.3. The highest BCUT2D eigenvalue weighted by atomic mass is 16.6. The number of carbonyl (C=O) groups is 2. The summed E-state index contributed by atoms with van der Waals surface area (Å²) in [6.45, 7) is 12.9. The summed E-state index contributed by atoms with van der Waals surface area (Å²) < 4.78 is 10.6. The molecule has 1 aromatic heterocycles. The van der Waals surface area contributed by atoms with Crippen molar-refractivity contribution in [3.05, 3.63) is 18.3 Å². The summed E-state index contributed by atoms with van der Waals surface area (Å²) >= 11 is 0. The molecule has 166 valence electrons. The van der Waals surface area contributed by atoms with Gasteiger partial charge in [0, 0.05) is 26.2 Å². The fraction of sp³-hybridized carbons (Fsp3) is 0.600. The molecule has 0 bridgehead atoms. The normalized spacial score (nSPS) is 15.6. The van der Waals surface area contributed by atoms with Gasteiger partial charge in [-0.2, -0.15) is 0 Å². The first-order valence-electron chi connectivity index (χ1n) is 9.85. The van der Waals surface area contributed by atoms with E-state index in [0.717, 1.165) is 5.69 Å². The molecule has 10 heteroatoms. The molecule has 2 amide bonds. The SMILES string of the molecule is CC(C)(C)OC(=O)/N=C(/NC(=O)OC(C)(C)C)N1CCN(c2ccc(N)nc2)CC1. The molecule has 10 nitrogen and oxygen atoms in total. The summed E-state index contributed by atoms with van der Waals surface area (Å²) in [5.41, 5.74) is 5.23. The number of nitrogen functional groups attached to an aromatic ring is 1. The third kappa shape index (κ3) is 7.76. The molecule has 1 aliphatic rings. The molecule has 0 aliphatic carbocycles. The van der Waals surface area contributed by atoms with Gasteiger partial charge in [-0.05, 0) is 53.7 Å². The monoisotopic (exact) mass is 420 g/mol. The summed E-state index contributed by atoms with van der Waals surface area (Å²) in [6, 6.07) is 3.66. The molecule has 0 saturated carbocycles. The molecule has 30 heavy (non-hydrogen) atoms. The average Bonchev–Trinajstić information content (AvgIpc) is 2.59. The third-order valence-electron chi connectivity index (χ3n) is 3.92. The minimum Gasteiger partial charge on any atom is -0.444 e. The average molecular weight is 421 g/mol. The van der Waals surface area contributed by atoms with Crippen molar-refractivity contribution in [2.45, 2.75) is 52.7 Å². The van der Waals surface area contributed by atoms with E-state index in [1.807, 2.05) is 11.0 Å². The molecule has 2 rings (SSSR count). The quantitative estimate of drug-likeness (QED) is 0.525. The Hall–Kier alpha value is -3.04. The molecule has 1 saturated heterocycles. The van der Waals surface area contributed by atoms with Crippen molar-refractivity contribution >= 4 is 29.7 Å². The number of aliphatic imine (C=N–C) groups is 1. The summed E-state index contributed by atoms with van der Waals surface area (Å²) in [6.07, 6.45) is 0.258. The van der Waals surface area contributed by atoms with Crippen molar-refractivity contribution in [3.63, 3.8) is 0 Å². The van der Waals surface area contributed by atoms with Crippen LogP contribution in [0, 0.1) is 0 Å². The summed E-state index contributed by atoms with van der Waals surface area (Å²) in [5, 5.41) is 2.59. The Bertz CT molecular complexity index is 772. The Balaban J connectivity index is 2.11. The molecule has 1 aliphatic heterocycles. The number of nitrogens with one attached hydrogen (secondary N) is 1. The first-order chi connectivity index (χ1) is 13.8. The predicted molar refractivity (Wildman–Crippen MR) is 115 cm³/mol. The van der Waals surface area contributed by atoms with Gasteiger partial charge >= 0.3 is 12.2 Å².